The highest BCUT2D eigenvalue weighted by Crippen LogP contribution is 2.34. The van der Waals surface area contributed by atoms with E-state index in [0.29, 0.717) is 5.02 Å². The lowest BCUT2D eigenvalue weighted by atomic mass is 9.91. The minimum atomic E-state index is -0.606. The van der Waals surface area contributed by atoms with Crippen LogP contribution in [-0.4, -0.2) is 32.0 Å². The van der Waals surface area contributed by atoms with Crippen molar-refractivity contribution in [1.82, 2.24) is 14.1 Å². The van der Waals surface area contributed by atoms with Crippen LogP contribution in [0.25, 0.3) is 10.9 Å². The fourth-order valence-corrected chi connectivity index (χ4v) is 3.99. The quantitative estimate of drug-likeness (QED) is 0.470. The third kappa shape index (κ3) is 3.68. The van der Waals surface area contributed by atoms with Gasteiger partial charge >= 0.3 is 5.69 Å². The smallest absolute Gasteiger partial charge is 0.333 e. The molecule has 0 fully saturated rings. The van der Waals surface area contributed by atoms with Crippen LogP contribution in [0.1, 0.15) is 22.6 Å². The molecular weight excluding hydrogens is 416 g/mol. The zero-order valence-electron chi connectivity index (χ0n) is 17.0. The van der Waals surface area contributed by atoms with Crippen molar-refractivity contribution in [2.24, 2.45) is 19.1 Å². The van der Waals surface area contributed by atoms with Crippen molar-refractivity contribution in [3.05, 3.63) is 97.3 Å². The maximum atomic E-state index is 12.4. The molecule has 0 spiro atoms. The molecule has 0 aliphatic carbocycles. The number of halogens is 1. The van der Waals surface area contributed by atoms with Crippen molar-refractivity contribution < 1.29 is 5.11 Å². The summed E-state index contributed by atoms with van der Waals surface area (Å²) in [6.07, 6.45) is 3.26. The van der Waals surface area contributed by atoms with E-state index in [1.165, 1.54) is 20.3 Å². The third-order valence-corrected chi connectivity index (χ3v) is 5.80. The van der Waals surface area contributed by atoms with Gasteiger partial charge in [-0.3, -0.25) is 18.9 Å². The molecule has 2 aromatic heterocycles. The zero-order chi connectivity index (χ0) is 22.1. The number of rotatable bonds is 5. The molecule has 4 rings (SSSR count). The van der Waals surface area contributed by atoms with E-state index < -0.39 is 17.1 Å². The number of aromatic nitrogens is 3. The summed E-state index contributed by atoms with van der Waals surface area (Å²) in [4.78, 5) is 32.1. The van der Waals surface area contributed by atoms with Gasteiger partial charge < -0.3 is 10.1 Å². The number of para-hydroxylation sites is 1. The van der Waals surface area contributed by atoms with Gasteiger partial charge in [0.2, 0.25) is 5.88 Å². The minimum Gasteiger partial charge on any atom is -0.494 e. The lowest BCUT2D eigenvalue weighted by Crippen LogP contribution is -2.38. The Morgan fingerprint density at radius 1 is 1.06 bits per heavy atom. The number of aromatic hydroxyl groups is 1. The van der Waals surface area contributed by atoms with E-state index in [1.807, 2.05) is 54.7 Å². The van der Waals surface area contributed by atoms with Crippen LogP contribution in [0.4, 0.5) is 0 Å². The largest absolute Gasteiger partial charge is 0.494 e. The Balaban J connectivity index is 1.78. The van der Waals surface area contributed by atoms with Gasteiger partial charge in [-0.05, 0) is 23.3 Å². The van der Waals surface area contributed by atoms with E-state index >= 15 is 0 Å². The number of nitrogens with zero attached hydrogens (tertiary/aromatic N) is 3. The van der Waals surface area contributed by atoms with E-state index in [2.05, 4.69) is 9.98 Å². The van der Waals surface area contributed by atoms with Crippen molar-refractivity contribution in [1.29, 1.82) is 0 Å². The fraction of sp³-hybridized carbons (Fsp3) is 0.174. The first kappa shape index (κ1) is 20.7. The second-order valence-corrected chi connectivity index (χ2v) is 7.71. The molecule has 8 heteroatoms. The van der Waals surface area contributed by atoms with Gasteiger partial charge in [-0.1, -0.05) is 48.0 Å². The average Bonchev–Trinajstić information content (AvgIpc) is 3.21. The van der Waals surface area contributed by atoms with E-state index in [0.717, 1.165) is 31.2 Å². The Morgan fingerprint density at radius 3 is 2.55 bits per heavy atom. The SMILES string of the molecule is Cn1c(O)c(C=NCC(c2ccccc2Cl)c2c[nH]c3ccccc23)c(=O)n(C)c1=O. The second kappa shape index (κ2) is 8.28. The number of benzene rings is 2. The maximum absolute atomic E-state index is 12.4. The van der Waals surface area contributed by atoms with Crippen LogP contribution in [0.3, 0.4) is 0 Å². The van der Waals surface area contributed by atoms with Crippen LogP contribution >= 0.6 is 11.6 Å². The monoisotopic (exact) mass is 436 g/mol. The number of aliphatic imine (C=N–C) groups is 1. The van der Waals surface area contributed by atoms with Gasteiger partial charge in [0.1, 0.15) is 5.56 Å². The van der Waals surface area contributed by atoms with Crippen LogP contribution in [0.15, 0.2) is 69.3 Å². The van der Waals surface area contributed by atoms with Crippen molar-refractivity contribution in [3.8, 4) is 5.88 Å². The summed E-state index contributed by atoms with van der Waals surface area (Å²) < 4.78 is 1.94. The van der Waals surface area contributed by atoms with Gasteiger partial charge in [-0.2, -0.15) is 0 Å². The van der Waals surface area contributed by atoms with Crippen molar-refractivity contribution >= 4 is 28.7 Å². The van der Waals surface area contributed by atoms with Gasteiger partial charge in [0.25, 0.3) is 5.56 Å². The summed E-state index contributed by atoms with van der Waals surface area (Å²) in [7, 11) is 2.76. The molecule has 0 aliphatic rings. The van der Waals surface area contributed by atoms with Crippen LogP contribution in [0.5, 0.6) is 5.88 Å². The molecule has 2 N–H and O–H groups in total. The molecule has 0 amide bonds. The number of fused-ring (bicyclic) bond motifs is 1. The summed E-state index contributed by atoms with van der Waals surface area (Å²) in [6.45, 7) is 0.289. The summed E-state index contributed by atoms with van der Waals surface area (Å²) in [5, 5.41) is 11.9. The second-order valence-electron chi connectivity index (χ2n) is 7.30. The lowest BCUT2D eigenvalue weighted by molar-refractivity contribution is 0.410. The molecule has 0 radical (unpaired) electrons. The molecule has 4 aromatic rings. The van der Waals surface area contributed by atoms with Gasteiger partial charge in [-0.25, -0.2) is 4.79 Å². The number of nitrogens with one attached hydrogen (secondary N) is 1. The van der Waals surface area contributed by atoms with E-state index in [-0.39, 0.29) is 18.0 Å². The molecule has 1 atom stereocenters. The summed E-state index contributed by atoms with van der Waals surface area (Å²) in [5.74, 6) is -0.599. The number of hydrogen-bond donors (Lipinski definition) is 2. The first-order valence-electron chi connectivity index (χ1n) is 9.69. The predicted octanol–water partition coefficient (Wildman–Crippen LogP) is 3.18. The Kier molecular flexibility index (Phi) is 5.52. The summed E-state index contributed by atoms with van der Waals surface area (Å²) in [5.41, 5.74) is 1.68. The Bertz CT molecular complexity index is 1410. The molecule has 0 saturated heterocycles. The maximum Gasteiger partial charge on any atom is 0.333 e. The molecule has 31 heavy (non-hydrogen) atoms. The molecule has 1 unspecified atom stereocenters. The van der Waals surface area contributed by atoms with Crippen molar-refractivity contribution in [2.75, 3.05) is 6.54 Å². The number of hydrogen-bond acceptors (Lipinski definition) is 4. The summed E-state index contributed by atoms with van der Waals surface area (Å²) >= 11 is 6.50. The highest BCUT2D eigenvalue weighted by atomic mass is 35.5. The lowest BCUT2D eigenvalue weighted by Gasteiger charge is -2.16. The molecule has 0 aliphatic heterocycles. The van der Waals surface area contributed by atoms with Gasteiger partial charge in [0.15, 0.2) is 0 Å². The van der Waals surface area contributed by atoms with E-state index in [4.69, 9.17) is 11.6 Å². The first-order valence-corrected chi connectivity index (χ1v) is 10.1. The third-order valence-electron chi connectivity index (χ3n) is 5.45. The molecule has 2 heterocycles. The van der Waals surface area contributed by atoms with Gasteiger partial charge in [-0.15, -0.1) is 0 Å². The number of aromatic amines is 1. The van der Waals surface area contributed by atoms with Crippen LogP contribution < -0.4 is 11.2 Å². The highest BCUT2D eigenvalue weighted by Gasteiger charge is 2.20. The van der Waals surface area contributed by atoms with Crippen molar-refractivity contribution in [2.45, 2.75) is 5.92 Å². The first-order chi connectivity index (χ1) is 14.9. The molecular formula is C23H21ClN4O3. The average molecular weight is 437 g/mol. The zero-order valence-corrected chi connectivity index (χ0v) is 17.8. The van der Waals surface area contributed by atoms with Crippen LogP contribution in [0.2, 0.25) is 5.02 Å². The summed E-state index contributed by atoms with van der Waals surface area (Å²) in [6, 6.07) is 15.5. The topological polar surface area (TPSA) is 92.4 Å². The normalized spacial score (nSPS) is 12.6. The van der Waals surface area contributed by atoms with E-state index in [1.54, 1.807) is 0 Å². The molecule has 0 saturated carbocycles. The minimum absolute atomic E-state index is 0.0403. The Morgan fingerprint density at radius 2 is 1.77 bits per heavy atom. The molecule has 7 nitrogen and oxygen atoms in total. The van der Waals surface area contributed by atoms with Crippen LogP contribution in [-0.2, 0) is 14.1 Å². The number of H-pyrrole nitrogens is 1. The van der Waals surface area contributed by atoms with Crippen LogP contribution in [0, 0.1) is 0 Å². The fourth-order valence-electron chi connectivity index (χ4n) is 3.73. The molecule has 2 aromatic carbocycles. The van der Waals surface area contributed by atoms with Gasteiger partial charge in [0.05, 0.1) is 0 Å². The Hall–Kier alpha value is -3.58. The Labute approximate surface area is 182 Å². The molecule has 158 valence electrons. The predicted molar refractivity (Wildman–Crippen MR) is 123 cm³/mol. The van der Waals surface area contributed by atoms with Crippen molar-refractivity contribution in [3.63, 3.8) is 0 Å². The standard InChI is InChI=1S/C23H21ClN4O3/c1-27-21(29)18(22(30)28(2)23(27)31)12-25-11-16(14-7-3-5-9-19(14)24)17-13-26-20-10-6-4-8-15(17)20/h3-10,12-13,16,26,29H,11H2,1-2H3. The van der Waals surface area contributed by atoms with E-state index in [9.17, 15) is 14.7 Å². The van der Waals surface area contributed by atoms with Gasteiger partial charge in [0, 0.05) is 54.9 Å². The highest BCUT2D eigenvalue weighted by molar-refractivity contribution is 6.31. The molecule has 0 bridgehead atoms.